The van der Waals surface area contributed by atoms with Crippen molar-refractivity contribution in [2.45, 2.75) is 50.6 Å². The lowest BCUT2D eigenvalue weighted by Crippen LogP contribution is -2.62. The van der Waals surface area contributed by atoms with E-state index >= 15 is 0 Å². The van der Waals surface area contributed by atoms with Crippen LogP contribution < -0.4 is 5.32 Å². The lowest BCUT2D eigenvalue weighted by atomic mass is 9.79. The summed E-state index contributed by atoms with van der Waals surface area (Å²) in [5, 5.41) is 3.59. The van der Waals surface area contributed by atoms with Crippen LogP contribution in [0, 0.1) is 0 Å². The standard InChI is InChI=1S/C13H24N2O2.ClH/c1-3-11-13(6-4-8-14-11)7-5-12(16)15(13)9-10-17-2;/h11,14H,3-10H2,1-2H3;1H/t11-,13-;/m0./s1. The molecule has 0 aromatic heterocycles. The molecular formula is C13H25ClN2O2. The molecule has 0 radical (unpaired) electrons. The summed E-state index contributed by atoms with van der Waals surface area (Å²) in [5.74, 6) is 0.309. The first kappa shape index (κ1) is 15.7. The minimum absolute atomic E-state index is 0. The van der Waals surface area contributed by atoms with Crippen LogP contribution in [0.4, 0.5) is 0 Å². The number of hydrogen-bond acceptors (Lipinski definition) is 3. The highest BCUT2D eigenvalue weighted by Gasteiger charge is 2.50. The Morgan fingerprint density at radius 2 is 2.28 bits per heavy atom. The predicted molar refractivity (Wildman–Crippen MR) is 74.1 cm³/mol. The molecule has 4 nitrogen and oxygen atoms in total. The number of amides is 1. The van der Waals surface area contributed by atoms with Crippen LogP contribution in [-0.4, -0.2) is 49.2 Å². The number of rotatable bonds is 4. The lowest BCUT2D eigenvalue weighted by Gasteiger charge is -2.47. The fourth-order valence-electron chi connectivity index (χ4n) is 3.55. The van der Waals surface area contributed by atoms with Crippen molar-refractivity contribution in [2.75, 3.05) is 26.8 Å². The first-order valence-corrected chi connectivity index (χ1v) is 6.77. The Morgan fingerprint density at radius 3 is 2.94 bits per heavy atom. The Labute approximate surface area is 116 Å². The fraction of sp³-hybridized carbons (Fsp3) is 0.923. The molecule has 2 rings (SSSR count). The lowest BCUT2D eigenvalue weighted by molar-refractivity contribution is -0.133. The molecule has 5 heteroatoms. The highest BCUT2D eigenvalue weighted by atomic mass is 35.5. The fourth-order valence-corrected chi connectivity index (χ4v) is 3.55. The molecule has 106 valence electrons. The molecule has 2 aliphatic heterocycles. The third-order valence-electron chi connectivity index (χ3n) is 4.36. The molecule has 1 spiro atoms. The van der Waals surface area contributed by atoms with Gasteiger partial charge in [-0.1, -0.05) is 6.92 Å². The van der Waals surface area contributed by atoms with Crippen molar-refractivity contribution >= 4 is 18.3 Å². The number of methoxy groups -OCH3 is 1. The van der Waals surface area contributed by atoms with E-state index in [0.717, 1.165) is 32.4 Å². The number of piperidine rings is 1. The van der Waals surface area contributed by atoms with Gasteiger partial charge in [0, 0.05) is 26.1 Å². The van der Waals surface area contributed by atoms with Crippen LogP contribution in [0.15, 0.2) is 0 Å². The molecule has 18 heavy (non-hydrogen) atoms. The van der Waals surface area contributed by atoms with Crippen molar-refractivity contribution in [2.24, 2.45) is 0 Å². The second-order valence-electron chi connectivity index (χ2n) is 5.16. The van der Waals surface area contributed by atoms with Gasteiger partial charge in [0.2, 0.25) is 5.91 Å². The number of halogens is 1. The largest absolute Gasteiger partial charge is 0.383 e. The number of carbonyl (C=O) groups excluding carboxylic acids is 1. The van der Waals surface area contributed by atoms with E-state index in [4.69, 9.17) is 4.74 Å². The second kappa shape index (κ2) is 6.73. The van der Waals surface area contributed by atoms with Crippen molar-refractivity contribution in [1.82, 2.24) is 10.2 Å². The molecule has 0 saturated carbocycles. The van der Waals surface area contributed by atoms with Gasteiger partial charge in [0.15, 0.2) is 0 Å². The number of hydrogen-bond donors (Lipinski definition) is 1. The van der Waals surface area contributed by atoms with Crippen molar-refractivity contribution in [3.63, 3.8) is 0 Å². The predicted octanol–water partition coefficient (Wildman–Crippen LogP) is 1.58. The van der Waals surface area contributed by atoms with Gasteiger partial charge < -0.3 is 15.0 Å². The monoisotopic (exact) mass is 276 g/mol. The topological polar surface area (TPSA) is 41.6 Å². The molecule has 2 fully saturated rings. The van der Waals surface area contributed by atoms with Crippen molar-refractivity contribution in [3.8, 4) is 0 Å². The first-order chi connectivity index (χ1) is 8.24. The third kappa shape index (κ3) is 2.65. The van der Waals surface area contributed by atoms with E-state index < -0.39 is 0 Å². The Kier molecular flexibility index (Phi) is 5.89. The average molecular weight is 277 g/mol. The van der Waals surface area contributed by atoms with E-state index in [-0.39, 0.29) is 17.9 Å². The summed E-state index contributed by atoms with van der Waals surface area (Å²) < 4.78 is 5.14. The number of nitrogens with one attached hydrogen (secondary N) is 1. The molecule has 1 N–H and O–H groups in total. The molecular weight excluding hydrogens is 252 g/mol. The molecule has 1 amide bonds. The van der Waals surface area contributed by atoms with Gasteiger partial charge in [-0.05, 0) is 32.2 Å². The van der Waals surface area contributed by atoms with Gasteiger partial charge in [-0.2, -0.15) is 0 Å². The molecule has 2 heterocycles. The van der Waals surface area contributed by atoms with E-state index in [2.05, 4.69) is 17.1 Å². The van der Waals surface area contributed by atoms with Gasteiger partial charge >= 0.3 is 0 Å². The smallest absolute Gasteiger partial charge is 0.223 e. The quantitative estimate of drug-likeness (QED) is 0.848. The van der Waals surface area contributed by atoms with Gasteiger partial charge in [-0.15, -0.1) is 12.4 Å². The highest BCUT2D eigenvalue weighted by molar-refractivity contribution is 5.85. The number of likely N-dealkylation sites (tertiary alicyclic amines) is 1. The summed E-state index contributed by atoms with van der Waals surface area (Å²) in [4.78, 5) is 14.2. The van der Waals surface area contributed by atoms with Gasteiger partial charge in [-0.3, -0.25) is 4.79 Å². The summed E-state index contributed by atoms with van der Waals surface area (Å²) in [7, 11) is 1.70. The van der Waals surface area contributed by atoms with Crippen LogP contribution in [0.2, 0.25) is 0 Å². The molecule has 0 unspecified atom stereocenters. The van der Waals surface area contributed by atoms with E-state index in [1.807, 2.05) is 0 Å². The third-order valence-corrected chi connectivity index (χ3v) is 4.36. The molecule has 0 bridgehead atoms. The van der Waals surface area contributed by atoms with Gasteiger partial charge in [0.05, 0.1) is 12.1 Å². The van der Waals surface area contributed by atoms with Crippen LogP contribution in [0.1, 0.15) is 39.0 Å². The molecule has 0 aromatic rings. The Hall–Kier alpha value is -0.320. The van der Waals surface area contributed by atoms with Crippen LogP contribution in [0.25, 0.3) is 0 Å². The maximum absolute atomic E-state index is 12.1. The van der Waals surface area contributed by atoms with Crippen molar-refractivity contribution in [1.29, 1.82) is 0 Å². The average Bonchev–Trinajstić information content (AvgIpc) is 2.66. The van der Waals surface area contributed by atoms with Crippen molar-refractivity contribution in [3.05, 3.63) is 0 Å². The van der Waals surface area contributed by atoms with E-state index in [1.165, 1.54) is 6.42 Å². The molecule has 0 aromatic carbocycles. The molecule has 0 aliphatic carbocycles. The SMILES string of the molecule is CC[C@@H]1NCCC[C@]12CCC(=O)N2CCOC.Cl. The Morgan fingerprint density at radius 1 is 1.50 bits per heavy atom. The Balaban J connectivity index is 0.00000162. The summed E-state index contributed by atoms with van der Waals surface area (Å²) >= 11 is 0. The minimum atomic E-state index is 0. The normalized spacial score (nSPS) is 31.8. The maximum atomic E-state index is 12.1. The summed E-state index contributed by atoms with van der Waals surface area (Å²) in [5.41, 5.74) is 0.0720. The van der Waals surface area contributed by atoms with E-state index in [0.29, 0.717) is 25.0 Å². The molecule has 2 atom stereocenters. The number of ether oxygens (including phenoxy) is 1. The first-order valence-electron chi connectivity index (χ1n) is 6.77. The summed E-state index contributed by atoms with van der Waals surface area (Å²) in [6.07, 6.45) is 5.14. The zero-order valence-electron chi connectivity index (χ0n) is 11.4. The van der Waals surface area contributed by atoms with Gasteiger partial charge in [0.25, 0.3) is 0 Å². The molecule has 2 aliphatic rings. The van der Waals surface area contributed by atoms with E-state index in [9.17, 15) is 4.79 Å². The van der Waals surface area contributed by atoms with E-state index in [1.54, 1.807) is 7.11 Å². The van der Waals surface area contributed by atoms with Crippen LogP contribution in [0.3, 0.4) is 0 Å². The molecule has 2 saturated heterocycles. The van der Waals surface area contributed by atoms with Crippen molar-refractivity contribution < 1.29 is 9.53 Å². The zero-order valence-corrected chi connectivity index (χ0v) is 12.2. The number of nitrogens with zero attached hydrogens (tertiary/aromatic N) is 1. The van der Waals surface area contributed by atoms with Crippen LogP contribution in [0.5, 0.6) is 0 Å². The summed E-state index contributed by atoms with van der Waals surface area (Å²) in [6, 6.07) is 0.458. The van der Waals surface area contributed by atoms with Gasteiger partial charge in [0.1, 0.15) is 0 Å². The summed E-state index contributed by atoms with van der Waals surface area (Å²) in [6.45, 7) is 4.69. The Bertz CT molecular complexity index is 288. The minimum Gasteiger partial charge on any atom is -0.383 e. The highest BCUT2D eigenvalue weighted by Crippen LogP contribution is 2.40. The van der Waals surface area contributed by atoms with Gasteiger partial charge in [-0.25, -0.2) is 0 Å². The maximum Gasteiger partial charge on any atom is 0.223 e. The second-order valence-corrected chi connectivity index (χ2v) is 5.16. The zero-order chi connectivity index (χ0) is 12.3. The number of carbonyl (C=O) groups is 1. The van der Waals surface area contributed by atoms with Crippen LogP contribution >= 0.6 is 12.4 Å². The van der Waals surface area contributed by atoms with Crippen LogP contribution in [-0.2, 0) is 9.53 Å².